The Labute approximate surface area is 122 Å². The Balaban J connectivity index is 2.01. The maximum absolute atomic E-state index is 11.8. The molecule has 1 aromatic heterocycles. The molecule has 0 atom stereocenters. The number of hydrogen-bond donors (Lipinski definition) is 1. The minimum absolute atomic E-state index is 0.00348. The van der Waals surface area contributed by atoms with E-state index < -0.39 is 0 Å². The maximum Gasteiger partial charge on any atom is 0.247 e. The monoisotopic (exact) mass is 293 g/mol. The van der Waals surface area contributed by atoms with E-state index in [1.807, 2.05) is 25.1 Å². The van der Waals surface area contributed by atoms with Crippen molar-refractivity contribution in [2.24, 2.45) is 0 Å². The second-order valence-electron chi connectivity index (χ2n) is 4.47. The molecule has 5 nitrogen and oxygen atoms in total. The van der Waals surface area contributed by atoms with Gasteiger partial charge in [-0.3, -0.25) is 4.79 Å². The van der Waals surface area contributed by atoms with E-state index in [4.69, 9.17) is 16.0 Å². The lowest BCUT2D eigenvalue weighted by molar-refractivity contribution is -0.116. The van der Waals surface area contributed by atoms with Gasteiger partial charge in [-0.15, -0.1) is 21.8 Å². The van der Waals surface area contributed by atoms with Gasteiger partial charge in [0, 0.05) is 23.6 Å². The van der Waals surface area contributed by atoms with Crippen molar-refractivity contribution in [3.8, 4) is 11.5 Å². The number of unbranched alkanes of at least 4 members (excludes halogenated alkanes) is 1. The number of benzene rings is 1. The van der Waals surface area contributed by atoms with Gasteiger partial charge >= 0.3 is 0 Å². The van der Waals surface area contributed by atoms with Crippen molar-refractivity contribution >= 4 is 23.2 Å². The molecule has 0 radical (unpaired) electrons. The second-order valence-corrected chi connectivity index (χ2v) is 4.85. The van der Waals surface area contributed by atoms with Crippen molar-refractivity contribution in [1.82, 2.24) is 10.2 Å². The molecule has 0 spiro atoms. The van der Waals surface area contributed by atoms with Crippen molar-refractivity contribution in [2.45, 2.75) is 26.2 Å². The first-order valence-electron chi connectivity index (χ1n) is 6.43. The van der Waals surface area contributed by atoms with Gasteiger partial charge in [-0.2, -0.15) is 0 Å². The molecule has 1 amide bonds. The minimum atomic E-state index is 0.00348. The Bertz CT molecular complexity index is 570. The number of carbonyl (C=O) groups excluding carboxylic acids is 1. The number of aryl methyl sites for hydroxylation is 1. The summed E-state index contributed by atoms with van der Waals surface area (Å²) in [6.07, 6.45) is 3.42. The predicted octanol–water partition coefficient (Wildman–Crippen LogP) is 3.39. The van der Waals surface area contributed by atoms with Crippen LogP contribution in [0.1, 0.15) is 24.8 Å². The number of amides is 1. The van der Waals surface area contributed by atoms with E-state index in [0.29, 0.717) is 18.2 Å². The molecule has 0 unspecified atom stereocenters. The standard InChI is InChI=1S/C14H16ClN3O2/c1-10-8-11(14-18-16-9-20-14)5-6-12(10)17-13(19)4-2-3-7-15/h5-6,8-9H,2-4,7H2,1H3,(H,17,19). The van der Waals surface area contributed by atoms with Gasteiger partial charge in [-0.25, -0.2) is 0 Å². The third kappa shape index (κ3) is 3.81. The van der Waals surface area contributed by atoms with Gasteiger partial charge in [0.2, 0.25) is 18.2 Å². The van der Waals surface area contributed by atoms with Crippen LogP contribution >= 0.6 is 11.6 Å². The van der Waals surface area contributed by atoms with Crippen LogP contribution in [-0.2, 0) is 4.79 Å². The predicted molar refractivity (Wildman–Crippen MR) is 77.7 cm³/mol. The Kier molecular flexibility index (Phi) is 5.12. The van der Waals surface area contributed by atoms with Crippen molar-refractivity contribution in [1.29, 1.82) is 0 Å². The number of anilines is 1. The maximum atomic E-state index is 11.8. The first-order chi connectivity index (χ1) is 9.70. The molecule has 0 aliphatic carbocycles. The quantitative estimate of drug-likeness (QED) is 0.655. The molecule has 0 saturated heterocycles. The van der Waals surface area contributed by atoms with Crippen molar-refractivity contribution in [3.05, 3.63) is 30.2 Å². The Morgan fingerprint density at radius 3 is 2.90 bits per heavy atom. The number of nitrogens with one attached hydrogen (secondary N) is 1. The van der Waals surface area contributed by atoms with Gasteiger partial charge in [0.1, 0.15) is 0 Å². The van der Waals surface area contributed by atoms with E-state index in [0.717, 1.165) is 29.7 Å². The summed E-state index contributed by atoms with van der Waals surface area (Å²) in [6, 6.07) is 5.59. The van der Waals surface area contributed by atoms with Crippen LogP contribution in [-0.4, -0.2) is 22.0 Å². The third-order valence-electron chi connectivity index (χ3n) is 2.89. The zero-order valence-electron chi connectivity index (χ0n) is 11.2. The Morgan fingerprint density at radius 2 is 2.25 bits per heavy atom. The molecule has 0 aliphatic heterocycles. The fourth-order valence-corrected chi connectivity index (χ4v) is 2.02. The number of rotatable bonds is 6. The lowest BCUT2D eigenvalue weighted by Crippen LogP contribution is -2.12. The van der Waals surface area contributed by atoms with Gasteiger partial charge in [0.15, 0.2) is 0 Å². The van der Waals surface area contributed by atoms with Crippen LogP contribution in [0.3, 0.4) is 0 Å². The molecule has 0 fully saturated rings. The van der Waals surface area contributed by atoms with Gasteiger partial charge in [0.05, 0.1) is 0 Å². The van der Waals surface area contributed by atoms with Gasteiger partial charge in [-0.1, -0.05) is 0 Å². The smallest absolute Gasteiger partial charge is 0.247 e. The third-order valence-corrected chi connectivity index (χ3v) is 3.16. The summed E-state index contributed by atoms with van der Waals surface area (Å²) in [5, 5.41) is 10.4. The van der Waals surface area contributed by atoms with E-state index in [9.17, 15) is 4.79 Å². The Hall–Kier alpha value is -1.88. The summed E-state index contributed by atoms with van der Waals surface area (Å²) < 4.78 is 5.14. The summed E-state index contributed by atoms with van der Waals surface area (Å²) in [5.74, 6) is 1.06. The highest BCUT2D eigenvalue weighted by Crippen LogP contribution is 2.23. The largest absolute Gasteiger partial charge is 0.423 e. The summed E-state index contributed by atoms with van der Waals surface area (Å²) >= 11 is 5.59. The second kappa shape index (κ2) is 7.05. The van der Waals surface area contributed by atoms with E-state index in [1.54, 1.807) is 0 Å². The lowest BCUT2D eigenvalue weighted by atomic mass is 10.1. The number of aromatic nitrogens is 2. The van der Waals surface area contributed by atoms with Crippen molar-refractivity contribution < 1.29 is 9.21 Å². The highest BCUT2D eigenvalue weighted by Gasteiger charge is 2.08. The van der Waals surface area contributed by atoms with E-state index in [2.05, 4.69) is 15.5 Å². The summed E-state index contributed by atoms with van der Waals surface area (Å²) in [5.41, 5.74) is 2.58. The normalized spacial score (nSPS) is 10.5. The van der Waals surface area contributed by atoms with E-state index >= 15 is 0 Å². The fraction of sp³-hybridized carbons (Fsp3) is 0.357. The van der Waals surface area contributed by atoms with Crippen molar-refractivity contribution in [2.75, 3.05) is 11.2 Å². The Morgan fingerprint density at radius 1 is 1.40 bits per heavy atom. The molecule has 0 bridgehead atoms. The molecule has 1 heterocycles. The first kappa shape index (κ1) is 14.5. The van der Waals surface area contributed by atoms with Crippen molar-refractivity contribution in [3.63, 3.8) is 0 Å². The van der Waals surface area contributed by atoms with Gasteiger partial charge < -0.3 is 9.73 Å². The summed E-state index contributed by atoms with van der Waals surface area (Å²) in [4.78, 5) is 11.8. The molecule has 1 N–H and O–H groups in total. The topological polar surface area (TPSA) is 68.0 Å². The first-order valence-corrected chi connectivity index (χ1v) is 6.97. The fourth-order valence-electron chi connectivity index (χ4n) is 1.83. The lowest BCUT2D eigenvalue weighted by Gasteiger charge is -2.09. The van der Waals surface area contributed by atoms with Crippen LogP contribution in [0.2, 0.25) is 0 Å². The number of hydrogen-bond acceptors (Lipinski definition) is 4. The summed E-state index contributed by atoms with van der Waals surface area (Å²) in [7, 11) is 0. The van der Waals surface area contributed by atoms with Crippen LogP contribution in [0.5, 0.6) is 0 Å². The van der Waals surface area contributed by atoms with Crippen LogP contribution in [0.15, 0.2) is 29.0 Å². The molecule has 0 aliphatic rings. The summed E-state index contributed by atoms with van der Waals surface area (Å²) in [6.45, 7) is 1.92. The molecule has 20 heavy (non-hydrogen) atoms. The van der Waals surface area contributed by atoms with Gasteiger partial charge in [-0.05, 0) is 43.5 Å². The molecule has 6 heteroatoms. The minimum Gasteiger partial charge on any atom is -0.423 e. The molecule has 0 saturated carbocycles. The van der Waals surface area contributed by atoms with Gasteiger partial charge in [0.25, 0.3) is 0 Å². The zero-order chi connectivity index (χ0) is 14.4. The number of carbonyl (C=O) groups is 1. The van der Waals surface area contributed by atoms with Crippen LogP contribution in [0, 0.1) is 6.92 Å². The molecule has 2 rings (SSSR count). The number of nitrogens with zero attached hydrogens (tertiary/aromatic N) is 2. The zero-order valence-corrected chi connectivity index (χ0v) is 12.0. The van der Waals surface area contributed by atoms with Crippen LogP contribution in [0.25, 0.3) is 11.5 Å². The van der Waals surface area contributed by atoms with E-state index in [1.165, 1.54) is 6.39 Å². The molecular formula is C14H16ClN3O2. The molecule has 2 aromatic rings. The van der Waals surface area contributed by atoms with Crippen LogP contribution in [0.4, 0.5) is 5.69 Å². The van der Waals surface area contributed by atoms with Crippen LogP contribution < -0.4 is 5.32 Å². The molecule has 1 aromatic carbocycles. The molecule has 106 valence electrons. The number of alkyl halides is 1. The average Bonchev–Trinajstić information content (AvgIpc) is 2.95. The molecular weight excluding hydrogens is 278 g/mol. The SMILES string of the molecule is Cc1cc(-c2nnco2)ccc1NC(=O)CCCCCl. The highest BCUT2D eigenvalue weighted by molar-refractivity contribution is 6.17. The number of halogens is 1. The average molecular weight is 294 g/mol. The van der Waals surface area contributed by atoms with E-state index in [-0.39, 0.29) is 5.91 Å². The highest BCUT2D eigenvalue weighted by atomic mass is 35.5.